The van der Waals surface area contributed by atoms with Crippen molar-refractivity contribution in [3.05, 3.63) is 64.8 Å². The van der Waals surface area contributed by atoms with E-state index in [2.05, 4.69) is 34.1 Å². The highest BCUT2D eigenvalue weighted by molar-refractivity contribution is 6.36. The van der Waals surface area contributed by atoms with Gasteiger partial charge < -0.3 is 29.1 Å². The van der Waals surface area contributed by atoms with Crippen LogP contribution in [0.25, 0.3) is 10.8 Å². The van der Waals surface area contributed by atoms with Crippen molar-refractivity contribution in [2.24, 2.45) is 0 Å². The van der Waals surface area contributed by atoms with E-state index in [-0.39, 0.29) is 18.9 Å². The van der Waals surface area contributed by atoms with Gasteiger partial charge in [0.2, 0.25) is 5.91 Å². The van der Waals surface area contributed by atoms with Crippen LogP contribution in [0.5, 0.6) is 6.01 Å². The lowest BCUT2D eigenvalue weighted by Crippen LogP contribution is -2.49. The highest BCUT2D eigenvalue weighted by Crippen LogP contribution is 2.37. The molecule has 13 heteroatoms. The summed E-state index contributed by atoms with van der Waals surface area (Å²) in [7, 11) is 4.92. The summed E-state index contributed by atoms with van der Waals surface area (Å²) in [5.41, 5.74) is 3.22. The van der Waals surface area contributed by atoms with E-state index in [0.29, 0.717) is 51.9 Å². The number of carbonyl (C=O) groups excluding carboxylic acids is 1. The Hall–Kier alpha value is -4.05. The average molecular weight is 670 g/mol. The van der Waals surface area contributed by atoms with Gasteiger partial charge in [-0.3, -0.25) is 4.79 Å². The van der Waals surface area contributed by atoms with Gasteiger partial charge in [-0.15, -0.1) is 0 Å². The van der Waals surface area contributed by atoms with Crippen molar-refractivity contribution in [1.82, 2.24) is 19.8 Å². The van der Waals surface area contributed by atoms with Crippen LogP contribution < -0.4 is 14.5 Å². The topological polar surface area (TPSA) is 98.1 Å². The number of halogens is 3. The standard InChI is InChI=1S/C27H30ClN5O3.C5H9F2N.C2H3N/c1-35-17-5-10-24(34)31-13-15-32(16-14-31)26-20-11-12-33(18-22(20)29-27(30-26)36-2)23-9-4-7-19-6-3-8-21(28)25(19)23;1-8-3-2-5(6,7)4-8;1-2-3/h3-10H,11-18H2,1-2H3;2-4H2,1H3;1H3/b10-5+;;. The molecule has 0 saturated carbocycles. The molecule has 1 amide bonds. The molecule has 47 heavy (non-hydrogen) atoms. The van der Waals surface area contributed by atoms with E-state index in [9.17, 15) is 13.6 Å². The summed E-state index contributed by atoms with van der Waals surface area (Å²) in [5.74, 6) is -1.48. The van der Waals surface area contributed by atoms with E-state index >= 15 is 0 Å². The number of fused-ring (bicyclic) bond motifs is 2. The number of hydrogen-bond donors (Lipinski definition) is 0. The van der Waals surface area contributed by atoms with Gasteiger partial charge in [-0.25, -0.2) is 8.78 Å². The van der Waals surface area contributed by atoms with Crippen LogP contribution in [0.3, 0.4) is 0 Å². The molecule has 0 N–H and O–H groups in total. The fraction of sp³-hybridized carbons (Fsp3) is 0.471. The second kappa shape index (κ2) is 16.7. The van der Waals surface area contributed by atoms with E-state index in [1.54, 1.807) is 44.4 Å². The number of likely N-dealkylation sites (tertiary alicyclic amines) is 1. The fourth-order valence-corrected chi connectivity index (χ4v) is 6.16. The summed E-state index contributed by atoms with van der Waals surface area (Å²) >= 11 is 6.61. The van der Waals surface area contributed by atoms with Crippen LogP contribution in [0.1, 0.15) is 24.6 Å². The number of amides is 1. The maximum absolute atomic E-state index is 12.4. The molecule has 1 aromatic heterocycles. The minimum Gasteiger partial charge on any atom is -0.467 e. The molecule has 0 bridgehead atoms. The second-order valence-corrected chi connectivity index (χ2v) is 11.9. The zero-order valence-electron chi connectivity index (χ0n) is 27.4. The van der Waals surface area contributed by atoms with Gasteiger partial charge >= 0.3 is 6.01 Å². The highest BCUT2D eigenvalue weighted by Gasteiger charge is 2.36. The normalized spacial score (nSPS) is 17.4. The van der Waals surface area contributed by atoms with Gasteiger partial charge in [0.1, 0.15) is 5.82 Å². The Morgan fingerprint density at radius 3 is 2.36 bits per heavy atom. The second-order valence-electron chi connectivity index (χ2n) is 11.5. The van der Waals surface area contributed by atoms with E-state index < -0.39 is 5.92 Å². The summed E-state index contributed by atoms with van der Waals surface area (Å²) in [5, 5.41) is 10.3. The molecule has 2 fully saturated rings. The van der Waals surface area contributed by atoms with Crippen molar-refractivity contribution < 1.29 is 23.0 Å². The smallest absolute Gasteiger partial charge is 0.318 e. The number of alkyl halides is 2. The van der Waals surface area contributed by atoms with Crippen molar-refractivity contribution in [3.63, 3.8) is 0 Å². The van der Waals surface area contributed by atoms with E-state index in [4.69, 9.17) is 36.3 Å². The SMILES string of the molecule is CC#N.CN1CCC(F)(F)C1.COC/C=C/C(=O)N1CCN(c2nc(OC)nc3c2CCN(c2cccc4cccc(Cl)c24)C3)CC1. The van der Waals surface area contributed by atoms with E-state index in [1.807, 2.05) is 17.0 Å². The Labute approximate surface area is 280 Å². The lowest BCUT2D eigenvalue weighted by Gasteiger charge is -2.38. The Morgan fingerprint density at radius 2 is 1.77 bits per heavy atom. The Bertz CT molecular complexity index is 1590. The largest absolute Gasteiger partial charge is 0.467 e. The number of rotatable bonds is 6. The Kier molecular flexibility index (Phi) is 12.7. The Balaban J connectivity index is 0.000000389. The van der Waals surface area contributed by atoms with Gasteiger partial charge in [-0.05, 0) is 31.0 Å². The van der Waals surface area contributed by atoms with Crippen molar-refractivity contribution in [2.75, 3.05) is 83.5 Å². The predicted octanol–water partition coefficient (Wildman–Crippen LogP) is 5.19. The average Bonchev–Trinajstić information content (AvgIpc) is 3.40. The number of nitrogens with zero attached hydrogens (tertiary/aromatic N) is 7. The molecule has 2 saturated heterocycles. The third-order valence-electron chi connectivity index (χ3n) is 8.15. The number of aromatic nitrogens is 2. The molecule has 4 heterocycles. The monoisotopic (exact) mass is 669 g/mol. The van der Waals surface area contributed by atoms with Crippen LogP contribution in [0, 0.1) is 11.3 Å². The van der Waals surface area contributed by atoms with Crippen LogP contribution in [-0.2, 0) is 22.5 Å². The van der Waals surface area contributed by atoms with Gasteiger partial charge in [0.25, 0.3) is 5.92 Å². The molecular weight excluding hydrogens is 628 g/mol. The maximum Gasteiger partial charge on any atom is 0.318 e. The quantitative estimate of drug-likeness (QED) is 0.329. The molecule has 2 aromatic carbocycles. The summed E-state index contributed by atoms with van der Waals surface area (Å²) in [6.45, 7) is 6.51. The molecule has 0 spiro atoms. The molecule has 0 radical (unpaired) electrons. The lowest BCUT2D eigenvalue weighted by atomic mass is 10.0. The van der Waals surface area contributed by atoms with Crippen LogP contribution >= 0.6 is 11.6 Å². The zero-order chi connectivity index (χ0) is 34.0. The van der Waals surface area contributed by atoms with Crippen LogP contribution in [-0.4, -0.2) is 105 Å². The molecule has 3 aliphatic rings. The molecule has 252 valence electrons. The fourth-order valence-electron chi connectivity index (χ4n) is 5.88. The Morgan fingerprint density at radius 1 is 1.06 bits per heavy atom. The van der Waals surface area contributed by atoms with Crippen molar-refractivity contribution >= 4 is 39.8 Å². The number of anilines is 2. The van der Waals surface area contributed by atoms with Gasteiger partial charge in [-0.1, -0.05) is 41.9 Å². The number of piperazine rings is 1. The molecule has 3 aromatic rings. The zero-order valence-corrected chi connectivity index (χ0v) is 28.1. The summed E-state index contributed by atoms with van der Waals surface area (Å²) in [6, 6.07) is 14.4. The van der Waals surface area contributed by atoms with Crippen molar-refractivity contribution in [2.45, 2.75) is 32.2 Å². The highest BCUT2D eigenvalue weighted by atomic mass is 35.5. The number of nitriles is 1. The molecule has 6 rings (SSSR count). The van der Waals surface area contributed by atoms with Gasteiger partial charge in [0.15, 0.2) is 0 Å². The lowest BCUT2D eigenvalue weighted by molar-refractivity contribution is -0.126. The minimum absolute atomic E-state index is 0.0124. The number of hydrogen-bond acceptors (Lipinski definition) is 9. The first-order chi connectivity index (χ1) is 22.6. The predicted molar refractivity (Wildman–Crippen MR) is 180 cm³/mol. The first-order valence-corrected chi connectivity index (χ1v) is 15.9. The summed E-state index contributed by atoms with van der Waals surface area (Å²) < 4.78 is 34.8. The molecule has 0 unspecified atom stereocenters. The van der Waals surface area contributed by atoms with E-state index in [0.717, 1.165) is 51.5 Å². The van der Waals surface area contributed by atoms with Crippen molar-refractivity contribution in [1.29, 1.82) is 5.26 Å². The van der Waals surface area contributed by atoms with Crippen LogP contribution in [0.15, 0.2) is 48.6 Å². The first kappa shape index (κ1) is 35.8. The molecular formula is C34H42ClF2N7O3. The molecule has 3 aliphatic heterocycles. The van der Waals surface area contributed by atoms with Gasteiger partial charge in [0, 0.05) is 82.4 Å². The van der Waals surface area contributed by atoms with Crippen molar-refractivity contribution in [3.8, 4) is 12.1 Å². The molecule has 10 nitrogen and oxygen atoms in total. The van der Waals surface area contributed by atoms with Gasteiger partial charge in [-0.2, -0.15) is 15.2 Å². The van der Waals surface area contributed by atoms with Crippen LogP contribution in [0.2, 0.25) is 5.02 Å². The molecule has 0 aliphatic carbocycles. The third kappa shape index (κ3) is 9.28. The van der Waals surface area contributed by atoms with Gasteiger partial charge in [0.05, 0.1) is 43.6 Å². The van der Waals surface area contributed by atoms with E-state index in [1.165, 1.54) is 6.92 Å². The first-order valence-electron chi connectivity index (χ1n) is 15.5. The van der Waals surface area contributed by atoms with Crippen LogP contribution in [0.4, 0.5) is 20.3 Å². The number of methoxy groups -OCH3 is 2. The summed E-state index contributed by atoms with van der Waals surface area (Å²) in [4.78, 5) is 30.0. The third-order valence-corrected chi connectivity index (χ3v) is 8.47. The number of benzene rings is 2. The summed E-state index contributed by atoms with van der Waals surface area (Å²) in [6.07, 6.45) is 4.18. The minimum atomic E-state index is -2.41. The number of ether oxygens (including phenoxy) is 2. The maximum atomic E-state index is 12.4. The number of carbonyl (C=O) groups is 1. The molecule has 0 atom stereocenters.